The molecule has 4 nitrogen and oxygen atoms in total. The van der Waals surface area contributed by atoms with Crippen LogP contribution >= 0.6 is 23.2 Å². The van der Waals surface area contributed by atoms with Gasteiger partial charge in [-0.25, -0.2) is 4.99 Å². The molecule has 3 aliphatic rings. The predicted molar refractivity (Wildman–Crippen MR) is 102 cm³/mol. The van der Waals surface area contributed by atoms with E-state index in [1.165, 1.54) is 11.3 Å². The molecule has 0 saturated heterocycles. The number of aromatic amines is 1. The van der Waals surface area contributed by atoms with Gasteiger partial charge in [0.05, 0.1) is 17.6 Å². The summed E-state index contributed by atoms with van der Waals surface area (Å²) in [7, 11) is 0. The van der Waals surface area contributed by atoms with Crippen molar-refractivity contribution in [1.29, 1.82) is 0 Å². The fourth-order valence-electron chi connectivity index (χ4n) is 3.72. The maximum Gasteiger partial charge on any atom is 0.107 e. The van der Waals surface area contributed by atoms with Crippen LogP contribution in [0.25, 0.3) is 11.8 Å². The Balaban J connectivity index is 1.66. The molecule has 1 unspecified atom stereocenters. The SMILES string of the molecule is Clc1cc(Cl)cc(C2CC=C3c4c(c[nH]c42)C=CC2=CN=CNN23)c1. The predicted octanol–water partition coefficient (Wildman–Crippen LogP) is 4.91. The number of hydrogen-bond acceptors (Lipinski definition) is 3. The van der Waals surface area contributed by atoms with Gasteiger partial charge >= 0.3 is 0 Å². The first kappa shape index (κ1) is 14.9. The van der Waals surface area contributed by atoms with Crippen LogP contribution in [0, 0.1) is 0 Å². The van der Waals surface area contributed by atoms with E-state index in [4.69, 9.17) is 23.2 Å². The van der Waals surface area contributed by atoms with Crippen molar-refractivity contribution >= 4 is 41.3 Å². The zero-order valence-corrected chi connectivity index (χ0v) is 14.6. The summed E-state index contributed by atoms with van der Waals surface area (Å²) >= 11 is 12.4. The van der Waals surface area contributed by atoms with Crippen LogP contribution in [0.2, 0.25) is 10.0 Å². The van der Waals surface area contributed by atoms with Gasteiger partial charge < -0.3 is 4.98 Å². The molecule has 1 aromatic carbocycles. The van der Waals surface area contributed by atoms with Crippen LogP contribution in [-0.2, 0) is 0 Å². The monoisotopic (exact) mass is 368 g/mol. The third kappa shape index (κ3) is 2.33. The Morgan fingerprint density at radius 3 is 2.80 bits per heavy atom. The van der Waals surface area contributed by atoms with E-state index in [0.717, 1.165) is 28.9 Å². The van der Waals surface area contributed by atoms with E-state index >= 15 is 0 Å². The average Bonchev–Trinajstić information content (AvgIpc) is 2.95. The van der Waals surface area contributed by atoms with E-state index in [1.807, 2.05) is 18.3 Å². The van der Waals surface area contributed by atoms with Gasteiger partial charge in [-0.1, -0.05) is 35.4 Å². The van der Waals surface area contributed by atoms with Gasteiger partial charge in [0.25, 0.3) is 0 Å². The van der Waals surface area contributed by atoms with Crippen molar-refractivity contribution in [3.05, 3.63) is 80.9 Å². The molecule has 0 spiro atoms. The molecule has 0 bridgehead atoms. The van der Waals surface area contributed by atoms with Crippen molar-refractivity contribution in [1.82, 2.24) is 15.4 Å². The van der Waals surface area contributed by atoms with E-state index in [-0.39, 0.29) is 5.92 Å². The number of fused-ring (bicyclic) bond motifs is 2. The summed E-state index contributed by atoms with van der Waals surface area (Å²) in [5.41, 5.74) is 10.0. The Morgan fingerprint density at radius 2 is 1.96 bits per heavy atom. The molecule has 1 aliphatic carbocycles. The third-order valence-corrected chi connectivity index (χ3v) is 5.22. The fraction of sp³-hybridized carbons (Fsp3) is 0.105. The number of aromatic nitrogens is 1. The van der Waals surface area contributed by atoms with Gasteiger partial charge in [-0.2, -0.15) is 0 Å². The van der Waals surface area contributed by atoms with Gasteiger partial charge in [0, 0.05) is 39.0 Å². The number of H-pyrrole nitrogens is 1. The van der Waals surface area contributed by atoms with Crippen LogP contribution in [-0.4, -0.2) is 16.3 Å². The highest BCUT2D eigenvalue weighted by Crippen LogP contribution is 2.44. The zero-order valence-electron chi connectivity index (χ0n) is 13.1. The minimum atomic E-state index is 0.195. The molecular weight excluding hydrogens is 355 g/mol. The van der Waals surface area contributed by atoms with Crippen molar-refractivity contribution in [2.45, 2.75) is 12.3 Å². The molecule has 6 heteroatoms. The highest BCUT2D eigenvalue weighted by molar-refractivity contribution is 6.34. The lowest BCUT2D eigenvalue weighted by molar-refractivity contribution is 0.449. The topological polar surface area (TPSA) is 43.4 Å². The van der Waals surface area contributed by atoms with Crippen LogP contribution in [0.3, 0.4) is 0 Å². The minimum Gasteiger partial charge on any atom is -0.363 e. The first-order valence-corrected chi connectivity index (χ1v) is 8.80. The van der Waals surface area contributed by atoms with E-state index in [9.17, 15) is 0 Å². The van der Waals surface area contributed by atoms with Crippen LogP contribution in [0.1, 0.15) is 34.7 Å². The second-order valence-corrected chi connectivity index (χ2v) is 7.12. The maximum absolute atomic E-state index is 6.22. The van der Waals surface area contributed by atoms with Crippen LogP contribution in [0.15, 0.2) is 53.4 Å². The van der Waals surface area contributed by atoms with E-state index in [2.05, 4.69) is 44.8 Å². The van der Waals surface area contributed by atoms with Crippen molar-refractivity contribution in [3.63, 3.8) is 0 Å². The van der Waals surface area contributed by atoms with Gasteiger partial charge in [0.15, 0.2) is 0 Å². The number of hydrogen-bond donors (Lipinski definition) is 2. The summed E-state index contributed by atoms with van der Waals surface area (Å²) in [6.07, 6.45) is 12.9. The van der Waals surface area contributed by atoms with Crippen LogP contribution in [0.4, 0.5) is 0 Å². The number of aliphatic imine (C=N–C) groups is 1. The van der Waals surface area contributed by atoms with Crippen molar-refractivity contribution < 1.29 is 0 Å². The first-order chi connectivity index (χ1) is 12.2. The quantitative estimate of drug-likeness (QED) is 0.750. The second kappa shape index (κ2) is 5.55. The summed E-state index contributed by atoms with van der Waals surface area (Å²) in [5.74, 6) is 0.195. The number of benzene rings is 1. The largest absolute Gasteiger partial charge is 0.363 e. The Labute approximate surface area is 155 Å². The summed E-state index contributed by atoms with van der Waals surface area (Å²) in [5, 5.41) is 3.39. The zero-order chi connectivity index (χ0) is 17.0. The summed E-state index contributed by atoms with van der Waals surface area (Å²) in [6, 6.07) is 5.75. The average molecular weight is 369 g/mol. The molecule has 124 valence electrons. The lowest BCUT2D eigenvalue weighted by Gasteiger charge is -2.32. The molecule has 1 aromatic heterocycles. The highest BCUT2D eigenvalue weighted by Gasteiger charge is 2.32. The van der Waals surface area contributed by atoms with Crippen LogP contribution in [0.5, 0.6) is 0 Å². The maximum atomic E-state index is 6.22. The summed E-state index contributed by atoms with van der Waals surface area (Å²) < 4.78 is 0. The van der Waals surface area contributed by atoms with Gasteiger partial charge in [0.1, 0.15) is 6.34 Å². The minimum absolute atomic E-state index is 0.195. The van der Waals surface area contributed by atoms with Gasteiger partial charge in [-0.05, 0) is 36.3 Å². The standard InChI is InChI=1S/C19H14Cl2N4/c20-13-5-12(6-14(21)7-13)16-3-4-17-18-11(8-23-19(16)18)1-2-15-9-22-10-24-25(15)17/h1-2,4-10,16,23H,3H2,(H,22,24). The van der Waals surface area contributed by atoms with Gasteiger partial charge in [-0.3, -0.25) is 10.4 Å². The molecule has 0 radical (unpaired) electrons. The molecule has 2 N–H and O–H groups in total. The molecule has 0 amide bonds. The Bertz CT molecular complexity index is 977. The molecule has 0 fully saturated rings. The normalized spacial score (nSPS) is 20.2. The first-order valence-electron chi connectivity index (χ1n) is 8.05. The number of rotatable bonds is 1. The molecular formula is C19H14Cl2N4. The Kier molecular flexibility index (Phi) is 3.30. The lowest BCUT2D eigenvalue weighted by Crippen LogP contribution is -2.36. The molecule has 3 heterocycles. The Morgan fingerprint density at radius 1 is 1.12 bits per heavy atom. The van der Waals surface area contributed by atoms with E-state index in [1.54, 1.807) is 12.4 Å². The summed E-state index contributed by atoms with van der Waals surface area (Å²) in [4.78, 5) is 7.66. The molecule has 25 heavy (non-hydrogen) atoms. The number of allylic oxidation sites excluding steroid dienone is 2. The molecule has 1 atom stereocenters. The van der Waals surface area contributed by atoms with Gasteiger partial charge in [-0.15, -0.1) is 0 Å². The molecule has 5 rings (SSSR count). The molecule has 2 aromatic rings. The highest BCUT2D eigenvalue weighted by atomic mass is 35.5. The van der Waals surface area contributed by atoms with Crippen molar-refractivity contribution in [2.24, 2.45) is 4.99 Å². The number of nitrogens with one attached hydrogen (secondary N) is 2. The van der Waals surface area contributed by atoms with Crippen molar-refractivity contribution in [3.8, 4) is 0 Å². The smallest absolute Gasteiger partial charge is 0.107 e. The van der Waals surface area contributed by atoms with E-state index < -0.39 is 0 Å². The second-order valence-electron chi connectivity index (χ2n) is 6.24. The summed E-state index contributed by atoms with van der Waals surface area (Å²) in [6.45, 7) is 0. The van der Waals surface area contributed by atoms with E-state index in [0.29, 0.717) is 10.0 Å². The number of hydrazine groups is 1. The van der Waals surface area contributed by atoms with Crippen LogP contribution < -0.4 is 5.43 Å². The van der Waals surface area contributed by atoms with Crippen molar-refractivity contribution in [2.75, 3.05) is 0 Å². The molecule has 2 aliphatic heterocycles. The lowest BCUT2D eigenvalue weighted by atomic mass is 9.84. The van der Waals surface area contributed by atoms with Gasteiger partial charge in [0.2, 0.25) is 0 Å². The fourth-order valence-corrected chi connectivity index (χ4v) is 4.26. The number of nitrogens with zero attached hydrogens (tertiary/aromatic N) is 2. The third-order valence-electron chi connectivity index (χ3n) is 4.78. The molecule has 0 saturated carbocycles. The number of halogens is 2. The Hall–Kier alpha value is -2.43.